The van der Waals surface area contributed by atoms with Crippen LogP contribution in [0.4, 0.5) is 0 Å². The number of hydrogen-bond donors (Lipinski definition) is 6. The number of esters is 1. The zero-order chi connectivity index (χ0) is 56.6. The molecule has 11 nitrogen and oxygen atoms in total. The highest BCUT2D eigenvalue weighted by molar-refractivity contribution is 5.76. The first kappa shape index (κ1) is 73.1. The third-order valence-electron chi connectivity index (χ3n) is 14.7. The number of carbonyl (C=O) groups excluding carboxylic acids is 2. The molecule has 1 aliphatic heterocycles. The number of aliphatic hydroxyl groups excluding tert-OH is 5. The number of ether oxygens (including phenoxy) is 3. The summed E-state index contributed by atoms with van der Waals surface area (Å²) >= 11 is 0. The number of amides is 1. The molecule has 0 aromatic rings. The number of nitrogens with one attached hydrogen (secondary N) is 1. The van der Waals surface area contributed by atoms with Gasteiger partial charge in [0.15, 0.2) is 6.29 Å². The first-order chi connectivity index (χ1) is 38.2. The molecule has 78 heavy (non-hydrogen) atoms. The van der Waals surface area contributed by atoms with Gasteiger partial charge in [-0.05, 0) is 103 Å². The van der Waals surface area contributed by atoms with E-state index in [0.717, 1.165) is 96.3 Å². The molecule has 1 amide bonds. The predicted molar refractivity (Wildman–Crippen MR) is 324 cm³/mol. The molecular formula is C67H119NO10. The van der Waals surface area contributed by atoms with Gasteiger partial charge in [-0.3, -0.25) is 9.59 Å². The summed E-state index contributed by atoms with van der Waals surface area (Å²) in [6.45, 7) is 4.23. The minimum Gasteiger partial charge on any atom is -0.466 e. The molecule has 6 N–H and O–H groups in total. The maximum Gasteiger partial charge on any atom is 0.305 e. The number of unbranched alkanes of at least 4 members (excludes halogenated alkanes) is 31. The molecule has 7 atom stereocenters. The van der Waals surface area contributed by atoms with E-state index in [1.807, 2.05) is 6.08 Å². The van der Waals surface area contributed by atoms with Crippen molar-refractivity contribution in [3.63, 3.8) is 0 Å². The fraction of sp³-hybridized carbons (Fsp3) is 0.791. The molecule has 0 saturated carbocycles. The molecule has 11 heteroatoms. The fourth-order valence-electron chi connectivity index (χ4n) is 9.64. The van der Waals surface area contributed by atoms with Gasteiger partial charge in [-0.1, -0.05) is 234 Å². The van der Waals surface area contributed by atoms with Crippen LogP contribution in [0.25, 0.3) is 0 Å². The number of hydrogen-bond acceptors (Lipinski definition) is 10. The van der Waals surface area contributed by atoms with Crippen LogP contribution in [-0.2, 0) is 23.8 Å². The number of allylic oxidation sites excluding steroid dienone is 11. The van der Waals surface area contributed by atoms with Crippen molar-refractivity contribution in [2.75, 3.05) is 19.8 Å². The highest BCUT2D eigenvalue weighted by Crippen LogP contribution is 2.23. The third kappa shape index (κ3) is 44.8. The molecule has 0 aromatic carbocycles. The van der Waals surface area contributed by atoms with Crippen LogP contribution in [0.15, 0.2) is 72.9 Å². The Morgan fingerprint density at radius 3 is 1.40 bits per heavy atom. The summed E-state index contributed by atoms with van der Waals surface area (Å²) in [4.78, 5) is 25.1. The minimum atomic E-state index is -1.58. The SMILES string of the molecule is CCC/C=C\C/C=C\CCCCCCCC(=O)OCCCCCCCCCCC/C=C\C/C=C\CCCCCCCCCCCC(=O)NC(COC1OC(CO)C(O)C(O)C1O)C(O)/C=C/CC/C=C/CCCCCCCC. The van der Waals surface area contributed by atoms with Crippen LogP contribution in [0.3, 0.4) is 0 Å². The Kier molecular flexibility index (Phi) is 52.5. The van der Waals surface area contributed by atoms with Crippen molar-refractivity contribution in [2.45, 2.75) is 320 Å². The molecule has 1 aliphatic rings. The molecule has 1 heterocycles. The van der Waals surface area contributed by atoms with E-state index in [-0.39, 0.29) is 18.5 Å². The molecule has 1 rings (SSSR count). The van der Waals surface area contributed by atoms with E-state index < -0.39 is 49.5 Å². The second kappa shape index (κ2) is 56.0. The standard InChI is InChI=1S/C67H119NO10/c1-3-5-7-9-11-13-15-30-35-39-43-47-51-55-63(72)76-56-52-48-44-40-36-32-29-27-25-23-21-19-17-18-20-22-24-26-28-31-34-38-42-46-50-54-62(71)68-59(58-77-67-66(75)65(74)64(73)61(57-69)78-67)60(70)53-49-45-41-37-33-16-14-12-10-8-6-4-2/h7,9,13,15,18-21,33,37,49,53,59-61,64-67,69-70,73-75H,3-6,8,10-12,14,16-17,22-32,34-36,38-48,50-52,54-58H2,1-2H3,(H,68,71)/b9-7-,15-13-,20-18-,21-19-,37-33+,53-49+. The Balaban J connectivity index is 2.04. The predicted octanol–water partition coefficient (Wildman–Crippen LogP) is 15.6. The van der Waals surface area contributed by atoms with Gasteiger partial charge in [0, 0.05) is 12.8 Å². The smallest absolute Gasteiger partial charge is 0.305 e. The molecule has 0 bridgehead atoms. The summed E-state index contributed by atoms with van der Waals surface area (Å²) in [5.74, 6) is -0.218. The maximum absolute atomic E-state index is 13.0. The Morgan fingerprint density at radius 1 is 0.474 bits per heavy atom. The van der Waals surface area contributed by atoms with Crippen LogP contribution in [0, 0.1) is 0 Å². The van der Waals surface area contributed by atoms with E-state index in [1.165, 1.54) is 154 Å². The summed E-state index contributed by atoms with van der Waals surface area (Å²) in [5.41, 5.74) is 0. The van der Waals surface area contributed by atoms with Crippen molar-refractivity contribution < 1.29 is 49.3 Å². The molecule has 0 radical (unpaired) electrons. The van der Waals surface area contributed by atoms with E-state index >= 15 is 0 Å². The topological polar surface area (TPSA) is 175 Å². The van der Waals surface area contributed by atoms with Gasteiger partial charge in [0.1, 0.15) is 24.4 Å². The first-order valence-corrected chi connectivity index (χ1v) is 32.2. The van der Waals surface area contributed by atoms with Crippen LogP contribution in [0.1, 0.15) is 277 Å². The average molecular weight is 1100 g/mol. The van der Waals surface area contributed by atoms with Gasteiger partial charge in [0.2, 0.25) is 5.91 Å². The largest absolute Gasteiger partial charge is 0.466 e. The van der Waals surface area contributed by atoms with E-state index in [4.69, 9.17) is 14.2 Å². The molecule has 0 aliphatic carbocycles. The number of aliphatic hydroxyl groups is 5. The lowest BCUT2D eigenvalue weighted by Gasteiger charge is -2.40. The molecule has 7 unspecified atom stereocenters. The van der Waals surface area contributed by atoms with Crippen LogP contribution in [-0.4, -0.2) is 100 Å². The van der Waals surface area contributed by atoms with Crippen molar-refractivity contribution >= 4 is 11.9 Å². The molecule has 0 aromatic heterocycles. The van der Waals surface area contributed by atoms with Gasteiger partial charge in [-0.2, -0.15) is 0 Å². The Hall–Kier alpha value is -2.90. The number of rotatable bonds is 55. The Morgan fingerprint density at radius 2 is 0.897 bits per heavy atom. The first-order valence-electron chi connectivity index (χ1n) is 32.2. The van der Waals surface area contributed by atoms with E-state index in [0.29, 0.717) is 19.4 Å². The Labute approximate surface area is 477 Å². The van der Waals surface area contributed by atoms with Crippen molar-refractivity contribution in [3.05, 3.63) is 72.9 Å². The molecule has 1 saturated heterocycles. The van der Waals surface area contributed by atoms with Gasteiger partial charge in [-0.15, -0.1) is 0 Å². The summed E-state index contributed by atoms with van der Waals surface area (Å²) in [6.07, 6.45) is 64.4. The van der Waals surface area contributed by atoms with Gasteiger partial charge < -0.3 is 45.1 Å². The highest BCUT2D eigenvalue weighted by atomic mass is 16.7. The van der Waals surface area contributed by atoms with Crippen molar-refractivity contribution in [2.24, 2.45) is 0 Å². The number of carbonyl (C=O) groups is 2. The second-order valence-electron chi connectivity index (χ2n) is 22.1. The fourth-order valence-corrected chi connectivity index (χ4v) is 9.64. The lowest BCUT2D eigenvalue weighted by molar-refractivity contribution is -0.302. The van der Waals surface area contributed by atoms with Crippen LogP contribution >= 0.6 is 0 Å². The lowest BCUT2D eigenvalue weighted by Crippen LogP contribution is -2.60. The van der Waals surface area contributed by atoms with E-state index in [1.54, 1.807) is 6.08 Å². The summed E-state index contributed by atoms with van der Waals surface area (Å²) in [7, 11) is 0. The van der Waals surface area contributed by atoms with Crippen LogP contribution < -0.4 is 5.32 Å². The van der Waals surface area contributed by atoms with Crippen molar-refractivity contribution in [1.82, 2.24) is 5.32 Å². The monoisotopic (exact) mass is 1100 g/mol. The summed E-state index contributed by atoms with van der Waals surface area (Å²) in [5, 5.41) is 54.3. The molecule has 1 fully saturated rings. The van der Waals surface area contributed by atoms with Gasteiger partial charge in [0.25, 0.3) is 0 Å². The van der Waals surface area contributed by atoms with Gasteiger partial charge in [-0.25, -0.2) is 0 Å². The molecule has 0 spiro atoms. The van der Waals surface area contributed by atoms with Gasteiger partial charge >= 0.3 is 5.97 Å². The normalized spacial score (nSPS) is 19.0. The molecule has 452 valence electrons. The lowest BCUT2D eigenvalue weighted by atomic mass is 9.99. The van der Waals surface area contributed by atoms with Crippen molar-refractivity contribution in [3.8, 4) is 0 Å². The maximum atomic E-state index is 13.0. The Bertz CT molecular complexity index is 1520. The van der Waals surface area contributed by atoms with Crippen LogP contribution in [0.5, 0.6) is 0 Å². The average Bonchev–Trinajstić information content (AvgIpc) is 3.44. The zero-order valence-electron chi connectivity index (χ0n) is 49.9. The van der Waals surface area contributed by atoms with E-state index in [2.05, 4.69) is 79.9 Å². The molecular weight excluding hydrogens is 979 g/mol. The van der Waals surface area contributed by atoms with Crippen molar-refractivity contribution in [1.29, 1.82) is 0 Å². The van der Waals surface area contributed by atoms with Crippen LogP contribution in [0.2, 0.25) is 0 Å². The quantitative estimate of drug-likeness (QED) is 0.0195. The third-order valence-corrected chi connectivity index (χ3v) is 14.7. The summed E-state index contributed by atoms with van der Waals surface area (Å²) < 4.78 is 16.7. The second-order valence-corrected chi connectivity index (χ2v) is 22.1. The van der Waals surface area contributed by atoms with E-state index in [9.17, 15) is 35.1 Å². The zero-order valence-corrected chi connectivity index (χ0v) is 49.9. The summed E-state index contributed by atoms with van der Waals surface area (Å²) in [6, 6.07) is -0.833. The highest BCUT2D eigenvalue weighted by Gasteiger charge is 2.44. The minimum absolute atomic E-state index is 0.0182. The van der Waals surface area contributed by atoms with Gasteiger partial charge in [0.05, 0.1) is 32.0 Å².